The first-order chi connectivity index (χ1) is 20.6. The molecule has 0 bridgehead atoms. The van der Waals surface area contributed by atoms with Crippen LogP contribution in [0.1, 0.15) is 112 Å². The molecule has 1 unspecified atom stereocenters. The third-order valence-corrected chi connectivity index (χ3v) is 8.24. The summed E-state index contributed by atoms with van der Waals surface area (Å²) in [4.78, 5) is 39.0. The van der Waals surface area contributed by atoms with Gasteiger partial charge in [-0.1, -0.05) is 40.0 Å². The van der Waals surface area contributed by atoms with Crippen molar-refractivity contribution in [1.29, 1.82) is 0 Å². The highest BCUT2D eigenvalue weighted by atomic mass is 16.5. The van der Waals surface area contributed by atoms with Crippen LogP contribution in [0, 0.1) is 5.92 Å². The lowest BCUT2D eigenvalue weighted by Crippen LogP contribution is -2.51. The first-order valence-electron chi connectivity index (χ1n) is 16.2. The lowest BCUT2D eigenvalue weighted by Gasteiger charge is -2.35. The van der Waals surface area contributed by atoms with Crippen molar-refractivity contribution >= 4 is 23.4 Å². The summed E-state index contributed by atoms with van der Waals surface area (Å²) >= 11 is 0. The van der Waals surface area contributed by atoms with Crippen LogP contribution in [0.4, 0.5) is 5.69 Å². The number of quaternary nitrogens is 1. The van der Waals surface area contributed by atoms with E-state index in [1.165, 1.54) is 12.8 Å². The van der Waals surface area contributed by atoms with E-state index in [9.17, 15) is 14.4 Å². The van der Waals surface area contributed by atoms with E-state index in [1.54, 1.807) is 42.5 Å². The summed E-state index contributed by atoms with van der Waals surface area (Å²) in [5.74, 6) is 0.00660. The fourth-order valence-corrected chi connectivity index (χ4v) is 5.04. The maximum atomic E-state index is 13.5. The Morgan fingerprint density at radius 1 is 0.767 bits per heavy atom. The summed E-state index contributed by atoms with van der Waals surface area (Å²) in [7, 11) is 0. The number of nitrogens with one attached hydrogen (secondary N) is 3. The second-order valence-corrected chi connectivity index (χ2v) is 11.9. The summed E-state index contributed by atoms with van der Waals surface area (Å²) in [5.41, 5.74) is 1.78. The van der Waals surface area contributed by atoms with Gasteiger partial charge in [-0.05, 0) is 88.9 Å². The van der Waals surface area contributed by atoms with Gasteiger partial charge in [-0.2, -0.15) is 0 Å². The van der Waals surface area contributed by atoms with E-state index in [0.717, 1.165) is 49.9 Å². The van der Waals surface area contributed by atoms with Gasteiger partial charge in [0, 0.05) is 23.4 Å². The van der Waals surface area contributed by atoms with Crippen LogP contribution < -0.4 is 20.7 Å². The first-order valence-corrected chi connectivity index (χ1v) is 16.2. The molecule has 0 aliphatic rings. The van der Waals surface area contributed by atoms with Crippen LogP contribution in [0.2, 0.25) is 0 Å². The van der Waals surface area contributed by atoms with Gasteiger partial charge in [0.25, 0.3) is 17.7 Å². The molecule has 0 saturated heterocycles. The smallest absolute Gasteiger partial charge is 0.259 e. The number of likely N-dealkylation sites (N-methyl/N-ethyl adjacent to an activating group) is 1. The molecule has 0 spiro atoms. The van der Waals surface area contributed by atoms with Gasteiger partial charge in [-0.3, -0.25) is 14.4 Å². The monoisotopic (exact) mass is 595 g/mol. The maximum Gasteiger partial charge on any atom is 0.259 e. The zero-order chi connectivity index (χ0) is 31.8. The normalized spacial score (nSPS) is 12.1. The molecule has 3 amide bonds. The number of hydrogen-bond donors (Lipinski definition) is 3. The van der Waals surface area contributed by atoms with Crippen molar-refractivity contribution in [2.75, 3.05) is 44.6 Å². The van der Waals surface area contributed by atoms with Gasteiger partial charge in [0.05, 0.1) is 44.4 Å². The van der Waals surface area contributed by atoms with E-state index < -0.39 is 0 Å². The Hall–Kier alpha value is -3.39. The third kappa shape index (κ3) is 11.7. The molecule has 2 rings (SSSR count). The van der Waals surface area contributed by atoms with Crippen molar-refractivity contribution < 1.29 is 23.6 Å². The van der Waals surface area contributed by atoms with Crippen LogP contribution in [-0.2, 0) is 0 Å². The molecule has 238 valence electrons. The molecule has 0 aliphatic heterocycles. The van der Waals surface area contributed by atoms with Crippen molar-refractivity contribution in [3.05, 3.63) is 59.2 Å². The average molecular weight is 596 g/mol. The second-order valence-electron chi connectivity index (χ2n) is 11.9. The Kier molecular flexibility index (Phi) is 15.2. The number of carbonyl (C=O) groups is 3. The Morgan fingerprint density at radius 2 is 1.40 bits per heavy atom. The lowest BCUT2D eigenvalue weighted by molar-refractivity contribution is -0.922. The number of carbonyl (C=O) groups excluding carboxylic acids is 3. The van der Waals surface area contributed by atoms with Crippen LogP contribution >= 0.6 is 0 Å². The van der Waals surface area contributed by atoms with Gasteiger partial charge in [-0.15, -0.1) is 0 Å². The van der Waals surface area contributed by atoms with Gasteiger partial charge in [-0.25, -0.2) is 0 Å². The molecule has 2 aromatic rings. The van der Waals surface area contributed by atoms with Crippen LogP contribution in [0.5, 0.6) is 5.75 Å². The molecule has 1 atom stereocenters. The number of nitrogens with zero attached hydrogens (tertiary/aromatic N) is 1. The van der Waals surface area contributed by atoms with E-state index in [0.29, 0.717) is 47.1 Å². The third-order valence-electron chi connectivity index (χ3n) is 8.24. The summed E-state index contributed by atoms with van der Waals surface area (Å²) in [6.45, 7) is 19.9. The average Bonchev–Trinajstić information content (AvgIpc) is 3.01. The number of ether oxygens (including phenoxy) is 1. The van der Waals surface area contributed by atoms with Crippen LogP contribution in [0.15, 0.2) is 42.5 Å². The Morgan fingerprint density at radius 3 is 2.00 bits per heavy atom. The molecule has 2 aromatic carbocycles. The zero-order valence-electron chi connectivity index (χ0n) is 27.6. The largest absolute Gasteiger partial charge is 0.490 e. The number of rotatable bonds is 19. The van der Waals surface area contributed by atoms with Crippen molar-refractivity contribution in [3.63, 3.8) is 0 Å². The summed E-state index contributed by atoms with van der Waals surface area (Å²) < 4.78 is 7.17. The van der Waals surface area contributed by atoms with Crippen LogP contribution in [0.3, 0.4) is 0 Å². The van der Waals surface area contributed by atoms with Gasteiger partial charge in [0.15, 0.2) is 0 Å². The van der Waals surface area contributed by atoms with Crippen LogP contribution in [0.25, 0.3) is 0 Å². The van der Waals surface area contributed by atoms with Crippen molar-refractivity contribution in [3.8, 4) is 5.75 Å². The van der Waals surface area contributed by atoms with E-state index >= 15 is 0 Å². The molecule has 8 heteroatoms. The summed E-state index contributed by atoms with van der Waals surface area (Å²) in [6.07, 6.45) is 5.38. The predicted molar refractivity (Wildman–Crippen MR) is 176 cm³/mol. The lowest BCUT2D eigenvalue weighted by atomic mass is 10.1. The Balaban J connectivity index is 2.14. The Bertz CT molecular complexity index is 1150. The molecule has 0 aromatic heterocycles. The summed E-state index contributed by atoms with van der Waals surface area (Å²) in [5, 5.41) is 8.86. The molecule has 0 aliphatic carbocycles. The molecular formula is C35H55N4O4+. The van der Waals surface area contributed by atoms with Gasteiger partial charge < -0.3 is 25.2 Å². The zero-order valence-corrected chi connectivity index (χ0v) is 27.6. The first kappa shape index (κ1) is 35.8. The number of hydrogen-bond acceptors (Lipinski definition) is 4. The van der Waals surface area contributed by atoms with Gasteiger partial charge >= 0.3 is 0 Å². The topological polar surface area (TPSA) is 96.5 Å². The highest BCUT2D eigenvalue weighted by molar-refractivity contribution is 6.08. The van der Waals surface area contributed by atoms with E-state index in [4.69, 9.17) is 4.74 Å². The molecule has 0 heterocycles. The molecule has 0 radical (unpaired) electrons. The van der Waals surface area contributed by atoms with Crippen LogP contribution in [-0.4, -0.2) is 67.6 Å². The minimum absolute atomic E-state index is 0.0715. The summed E-state index contributed by atoms with van der Waals surface area (Å²) in [6, 6.07) is 11.8. The van der Waals surface area contributed by atoms with Gasteiger partial charge in [0.1, 0.15) is 5.75 Å². The number of anilines is 1. The highest BCUT2D eigenvalue weighted by Crippen LogP contribution is 2.25. The quantitative estimate of drug-likeness (QED) is 0.125. The molecule has 0 saturated carbocycles. The van der Waals surface area contributed by atoms with Crippen molar-refractivity contribution in [1.82, 2.24) is 10.6 Å². The van der Waals surface area contributed by atoms with Crippen molar-refractivity contribution in [2.45, 2.75) is 86.7 Å². The number of unbranched alkanes of at least 4 members (excludes halogenated alkanes) is 3. The predicted octanol–water partition coefficient (Wildman–Crippen LogP) is 6.67. The SMILES string of the molecule is CCCCCCC(C)Oc1ccc(C(=O)NCC(C)C)cc1C(=O)Nc1ccc(C(=O)NCC[N+](CC)(CC)CC)cc1. The maximum absolute atomic E-state index is 13.5. The minimum atomic E-state index is -0.378. The number of benzene rings is 2. The Labute approximate surface area is 259 Å². The van der Waals surface area contributed by atoms with Gasteiger partial charge in [0.2, 0.25) is 0 Å². The fourth-order valence-electron chi connectivity index (χ4n) is 5.04. The van der Waals surface area contributed by atoms with Crippen molar-refractivity contribution in [2.24, 2.45) is 5.92 Å². The second kappa shape index (κ2) is 18.3. The standard InChI is InChI=1S/C35H54N4O4/c1-8-12-13-14-15-27(7)43-32-21-18-29(34(41)37-25-26(5)6)24-31(32)35(42)38-30-19-16-28(17-20-30)33(40)36-22-23-39(9-2,10-3)11-4/h16-21,24,26-27H,8-15,22-23,25H2,1-7H3,(H2-,36,37,38,40,41,42)/p+1. The molecule has 3 N–H and O–H groups in total. The van der Waals surface area contributed by atoms with E-state index in [2.05, 4.69) is 43.6 Å². The molecule has 43 heavy (non-hydrogen) atoms. The molecule has 0 fully saturated rings. The molecule has 8 nitrogen and oxygen atoms in total. The molecular weight excluding hydrogens is 540 g/mol. The minimum Gasteiger partial charge on any atom is -0.490 e. The number of amides is 3. The van der Waals surface area contributed by atoms with E-state index in [-0.39, 0.29) is 23.8 Å². The fraction of sp³-hybridized carbons (Fsp3) is 0.571. The van der Waals surface area contributed by atoms with E-state index in [1.807, 2.05) is 20.8 Å². The highest BCUT2D eigenvalue weighted by Gasteiger charge is 2.21.